The summed E-state index contributed by atoms with van der Waals surface area (Å²) < 4.78 is 23.0. The highest BCUT2D eigenvalue weighted by atomic mass is 32.2. The lowest BCUT2D eigenvalue weighted by Crippen LogP contribution is -2.40. The van der Waals surface area contributed by atoms with Gasteiger partial charge in [0.25, 0.3) is 11.8 Å². The molecule has 0 radical (unpaired) electrons. The van der Waals surface area contributed by atoms with E-state index >= 15 is 0 Å². The number of carbonyl (C=O) groups excluding carboxylic acids is 2. The summed E-state index contributed by atoms with van der Waals surface area (Å²) in [5.74, 6) is -0.0815. The predicted octanol–water partition coefficient (Wildman–Crippen LogP) is 0.871. The van der Waals surface area contributed by atoms with Crippen LogP contribution in [0.2, 0.25) is 0 Å². The number of carbonyl (C=O) groups is 2. The van der Waals surface area contributed by atoms with Crippen molar-refractivity contribution < 1.29 is 18.0 Å². The van der Waals surface area contributed by atoms with Crippen molar-refractivity contribution >= 4 is 21.7 Å². The van der Waals surface area contributed by atoms with Crippen molar-refractivity contribution in [1.29, 1.82) is 0 Å². The highest BCUT2D eigenvalue weighted by Gasteiger charge is 2.30. The number of hydrogen-bond donors (Lipinski definition) is 1. The molecule has 136 valence electrons. The zero-order valence-corrected chi connectivity index (χ0v) is 15.1. The summed E-state index contributed by atoms with van der Waals surface area (Å²) in [4.78, 5) is 30.9. The summed E-state index contributed by atoms with van der Waals surface area (Å²) in [5.41, 5.74) is 0.390. The molecule has 0 spiro atoms. The van der Waals surface area contributed by atoms with Gasteiger partial charge < -0.3 is 10.2 Å². The molecule has 0 bridgehead atoms. The molecule has 0 aliphatic carbocycles. The molecule has 0 saturated carbocycles. The molecular weight excluding hydrogens is 342 g/mol. The number of piperidine rings is 1. The standard InChI is InChI=1S/C17H23N3O4S/c1-12-4-3-8-20(10-12)17(22)15-6-2-5-14(19-15)16(21)18-13-7-9-25(23,24)11-13/h2,5-6,12-13H,3-4,7-11H2,1H3,(H,18,21). The lowest BCUT2D eigenvalue weighted by molar-refractivity contribution is 0.0677. The fraction of sp³-hybridized carbons (Fsp3) is 0.588. The molecule has 2 amide bonds. The first-order valence-electron chi connectivity index (χ1n) is 8.62. The molecular formula is C17H23N3O4S. The second-order valence-electron chi connectivity index (χ2n) is 6.98. The van der Waals surface area contributed by atoms with Gasteiger partial charge in [0.05, 0.1) is 11.5 Å². The highest BCUT2D eigenvalue weighted by molar-refractivity contribution is 7.91. The average Bonchev–Trinajstić information content (AvgIpc) is 2.93. The predicted molar refractivity (Wildman–Crippen MR) is 93.1 cm³/mol. The van der Waals surface area contributed by atoms with Gasteiger partial charge in [-0.25, -0.2) is 13.4 Å². The Morgan fingerprint density at radius 3 is 2.68 bits per heavy atom. The zero-order chi connectivity index (χ0) is 18.0. The number of nitrogens with zero attached hydrogens (tertiary/aromatic N) is 2. The van der Waals surface area contributed by atoms with Gasteiger partial charge in [0, 0.05) is 19.1 Å². The number of hydrogen-bond acceptors (Lipinski definition) is 5. The molecule has 8 heteroatoms. The first-order valence-corrected chi connectivity index (χ1v) is 10.4. The van der Waals surface area contributed by atoms with Crippen LogP contribution in [0.1, 0.15) is 47.2 Å². The van der Waals surface area contributed by atoms with E-state index in [0.29, 0.717) is 25.4 Å². The minimum atomic E-state index is -3.06. The summed E-state index contributed by atoms with van der Waals surface area (Å²) in [6.45, 7) is 3.53. The summed E-state index contributed by atoms with van der Waals surface area (Å²) >= 11 is 0. The Labute approximate surface area is 147 Å². The maximum absolute atomic E-state index is 12.6. The molecule has 2 fully saturated rings. The third-order valence-electron chi connectivity index (χ3n) is 4.71. The van der Waals surface area contributed by atoms with Gasteiger partial charge in [0.2, 0.25) is 0 Å². The Hall–Kier alpha value is -1.96. The number of aromatic nitrogens is 1. The third kappa shape index (κ3) is 4.36. The van der Waals surface area contributed by atoms with Crippen LogP contribution in [0.5, 0.6) is 0 Å². The number of amides is 2. The molecule has 2 saturated heterocycles. The fourth-order valence-corrected chi connectivity index (χ4v) is 5.06. The van der Waals surface area contributed by atoms with Gasteiger partial charge in [-0.05, 0) is 37.3 Å². The van der Waals surface area contributed by atoms with Crippen molar-refractivity contribution in [2.75, 3.05) is 24.6 Å². The number of likely N-dealkylation sites (tertiary alicyclic amines) is 1. The lowest BCUT2D eigenvalue weighted by Gasteiger charge is -2.30. The Bertz CT molecular complexity index is 778. The Morgan fingerprint density at radius 1 is 1.24 bits per heavy atom. The van der Waals surface area contributed by atoms with Gasteiger partial charge in [-0.2, -0.15) is 0 Å². The van der Waals surface area contributed by atoms with Crippen molar-refractivity contribution in [1.82, 2.24) is 15.2 Å². The van der Waals surface area contributed by atoms with Crippen LogP contribution < -0.4 is 5.32 Å². The van der Waals surface area contributed by atoms with Crippen molar-refractivity contribution in [3.05, 3.63) is 29.6 Å². The summed E-state index contributed by atoms with van der Waals surface area (Å²) in [7, 11) is -3.06. The van der Waals surface area contributed by atoms with Gasteiger partial charge in [0.15, 0.2) is 9.84 Å². The second kappa shape index (κ2) is 7.11. The van der Waals surface area contributed by atoms with E-state index in [1.165, 1.54) is 6.07 Å². The first-order chi connectivity index (χ1) is 11.8. The van der Waals surface area contributed by atoms with E-state index in [2.05, 4.69) is 17.2 Å². The number of rotatable bonds is 3. The van der Waals surface area contributed by atoms with E-state index in [-0.39, 0.29) is 34.8 Å². The molecule has 0 aromatic carbocycles. The van der Waals surface area contributed by atoms with Crippen LogP contribution in [-0.2, 0) is 9.84 Å². The smallest absolute Gasteiger partial charge is 0.272 e. The van der Waals surface area contributed by atoms with Gasteiger partial charge in [0.1, 0.15) is 11.4 Å². The van der Waals surface area contributed by atoms with Gasteiger partial charge in [-0.1, -0.05) is 13.0 Å². The molecule has 2 unspecified atom stereocenters. The molecule has 3 rings (SSSR count). The summed E-state index contributed by atoms with van der Waals surface area (Å²) in [6.07, 6.45) is 2.51. The van der Waals surface area contributed by atoms with E-state index in [1.807, 2.05) is 0 Å². The fourth-order valence-electron chi connectivity index (χ4n) is 3.38. The second-order valence-corrected chi connectivity index (χ2v) is 9.21. The maximum Gasteiger partial charge on any atom is 0.272 e. The van der Waals surface area contributed by atoms with Gasteiger partial charge >= 0.3 is 0 Å². The van der Waals surface area contributed by atoms with E-state index in [9.17, 15) is 18.0 Å². The lowest BCUT2D eigenvalue weighted by atomic mass is 10.00. The maximum atomic E-state index is 12.6. The Morgan fingerprint density at radius 2 is 2.00 bits per heavy atom. The van der Waals surface area contributed by atoms with Crippen LogP contribution >= 0.6 is 0 Å². The summed E-state index contributed by atoms with van der Waals surface area (Å²) in [5, 5.41) is 2.70. The van der Waals surface area contributed by atoms with Crippen molar-refractivity contribution in [2.45, 2.75) is 32.2 Å². The topological polar surface area (TPSA) is 96.4 Å². The van der Waals surface area contributed by atoms with Crippen molar-refractivity contribution in [3.63, 3.8) is 0 Å². The molecule has 7 nitrogen and oxygen atoms in total. The molecule has 2 atom stereocenters. The Balaban J connectivity index is 1.68. The minimum Gasteiger partial charge on any atom is -0.347 e. The minimum absolute atomic E-state index is 0.0387. The van der Waals surface area contributed by atoms with Gasteiger partial charge in [-0.15, -0.1) is 0 Å². The molecule has 2 aliphatic heterocycles. The molecule has 25 heavy (non-hydrogen) atoms. The van der Waals surface area contributed by atoms with Crippen LogP contribution in [-0.4, -0.2) is 60.8 Å². The van der Waals surface area contributed by atoms with Crippen LogP contribution in [0, 0.1) is 5.92 Å². The van der Waals surface area contributed by atoms with Crippen molar-refractivity contribution in [3.8, 4) is 0 Å². The zero-order valence-electron chi connectivity index (χ0n) is 14.3. The van der Waals surface area contributed by atoms with Crippen LogP contribution in [0.15, 0.2) is 18.2 Å². The normalized spacial score (nSPS) is 25.6. The molecule has 1 aromatic rings. The number of sulfone groups is 1. The number of nitrogens with one attached hydrogen (secondary N) is 1. The van der Waals surface area contributed by atoms with Crippen LogP contribution in [0.3, 0.4) is 0 Å². The van der Waals surface area contributed by atoms with Gasteiger partial charge in [-0.3, -0.25) is 9.59 Å². The highest BCUT2D eigenvalue weighted by Crippen LogP contribution is 2.17. The Kier molecular flexibility index (Phi) is 5.08. The monoisotopic (exact) mass is 365 g/mol. The molecule has 1 aromatic heterocycles. The quantitative estimate of drug-likeness (QED) is 0.857. The van der Waals surface area contributed by atoms with E-state index < -0.39 is 15.7 Å². The van der Waals surface area contributed by atoms with E-state index in [4.69, 9.17) is 0 Å². The summed E-state index contributed by atoms with van der Waals surface area (Å²) in [6, 6.07) is 4.39. The van der Waals surface area contributed by atoms with E-state index in [0.717, 1.165) is 12.8 Å². The largest absolute Gasteiger partial charge is 0.347 e. The van der Waals surface area contributed by atoms with E-state index in [1.54, 1.807) is 17.0 Å². The first kappa shape index (κ1) is 17.8. The number of pyridine rings is 1. The third-order valence-corrected chi connectivity index (χ3v) is 6.48. The van der Waals surface area contributed by atoms with Crippen molar-refractivity contribution in [2.24, 2.45) is 5.92 Å². The molecule has 2 aliphatic rings. The SMILES string of the molecule is CC1CCCN(C(=O)c2cccc(C(=O)NC3CCS(=O)(=O)C3)n2)C1. The van der Waals surface area contributed by atoms with Crippen LogP contribution in [0.4, 0.5) is 0 Å². The molecule has 1 N–H and O–H groups in total. The van der Waals surface area contributed by atoms with Crippen LogP contribution in [0.25, 0.3) is 0 Å². The molecule has 3 heterocycles. The average molecular weight is 365 g/mol.